The Morgan fingerprint density at radius 2 is 1.95 bits per heavy atom. The minimum Gasteiger partial charge on any atom is -0.405 e. The molecule has 0 saturated heterocycles. The van der Waals surface area contributed by atoms with Crippen LogP contribution in [-0.4, -0.2) is 16.3 Å². The van der Waals surface area contributed by atoms with Crippen LogP contribution in [0.25, 0.3) is 11.3 Å². The van der Waals surface area contributed by atoms with Crippen LogP contribution in [0, 0.1) is 11.6 Å². The van der Waals surface area contributed by atoms with Gasteiger partial charge < -0.3 is 9.72 Å². The van der Waals surface area contributed by atoms with Crippen molar-refractivity contribution in [2.24, 2.45) is 0 Å². The number of para-hydroxylation sites is 1. The van der Waals surface area contributed by atoms with Crippen LogP contribution in [0.2, 0.25) is 0 Å². The summed E-state index contributed by atoms with van der Waals surface area (Å²) in [4.78, 5) is 6.66. The summed E-state index contributed by atoms with van der Waals surface area (Å²) in [6, 6.07) is 5.86. The lowest BCUT2D eigenvalue weighted by Crippen LogP contribution is -2.17. The molecule has 19 heavy (non-hydrogen) atoms. The van der Waals surface area contributed by atoms with Crippen LogP contribution in [-0.2, 0) is 0 Å². The van der Waals surface area contributed by atoms with E-state index in [1.807, 2.05) is 0 Å². The van der Waals surface area contributed by atoms with E-state index in [4.69, 9.17) is 12.2 Å². The Kier molecular flexibility index (Phi) is 3.57. The lowest BCUT2D eigenvalue weighted by atomic mass is 10.1. The maximum Gasteiger partial charge on any atom is 0.573 e. The fourth-order valence-corrected chi connectivity index (χ4v) is 1.79. The average Bonchev–Trinajstić information content (AvgIpc) is 2.32. The molecule has 1 heterocycles. The maximum absolute atomic E-state index is 12.4. The molecule has 2 aromatic rings. The van der Waals surface area contributed by atoms with Crippen molar-refractivity contribution in [3.8, 4) is 17.0 Å². The number of benzene rings is 1. The molecule has 0 aliphatic carbocycles. The van der Waals surface area contributed by atoms with Crippen LogP contribution in [0.1, 0.15) is 5.56 Å². The van der Waals surface area contributed by atoms with Gasteiger partial charge in [0.05, 0.1) is 12.0 Å². The van der Waals surface area contributed by atoms with Gasteiger partial charge in [-0.2, -0.15) is 0 Å². The van der Waals surface area contributed by atoms with Gasteiger partial charge in [-0.3, -0.25) is 0 Å². The molecule has 0 bridgehead atoms. The minimum atomic E-state index is -4.74. The summed E-state index contributed by atoms with van der Waals surface area (Å²) in [6.07, 6.45) is -3.40. The van der Waals surface area contributed by atoms with Crippen molar-refractivity contribution in [3.05, 3.63) is 40.8 Å². The highest BCUT2D eigenvalue weighted by Crippen LogP contribution is 2.33. The summed E-state index contributed by atoms with van der Waals surface area (Å²) >= 11 is 5.00. The molecule has 0 spiro atoms. The second kappa shape index (κ2) is 5.00. The molecule has 1 aromatic heterocycles. The van der Waals surface area contributed by atoms with Gasteiger partial charge >= 0.3 is 6.36 Å². The van der Waals surface area contributed by atoms with Crippen LogP contribution < -0.4 is 4.74 Å². The number of ether oxygens (including phenoxy) is 1. The van der Waals surface area contributed by atoms with E-state index in [9.17, 15) is 13.2 Å². The molecule has 7 heteroatoms. The van der Waals surface area contributed by atoms with Crippen LogP contribution in [0.3, 0.4) is 0 Å². The molecule has 0 amide bonds. The van der Waals surface area contributed by atoms with E-state index in [0.717, 1.165) is 0 Å². The first-order valence-corrected chi connectivity index (χ1v) is 5.69. The Morgan fingerprint density at radius 3 is 2.63 bits per heavy atom. The van der Waals surface area contributed by atoms with Crippen LogP contribution in [0.5, 0.6) is 5.75 Å². The SMILES string of the molecule is Cc1c(-c2ccccc2OC(F)(F)F)[nH]cnc1=S. The number of aromatic amines is 1. The van der Waals surface area contributed by atoms with Crippen LogP contribution in [0.4, 0.5) is 13.2 Å². The molecule has 3 nitrogen and oxygen atoms in total. The average molecular weight is 286 g/mol. The molecule has 2 rings (SSSR count). The zero-order valence-corrected chi connectivity index (χ0v) is 10.6. The highest BCUT2D eigenvalue weighted by Gasteiger charge is 2.32. The Hall–Kier alpha value is -1.89. The minimum absolute atomic E-state index is 0.282. The first kappa shape index (κ1) is 13.5. The third kappa shape index (κ3) is 3.11. The molecular formula is C12H9F3N2OS. The van der Waals surface area contributed by atoms with Gasteiger partial charge in [-0.15, -0.1) is 13.2 Å². The normalized spacial score (nSPS) is 11.4. The Morgan fingerprint density at radius 1 is 1.26 bits per heavy atom. The lowest BCUT2D eigenvalue weighted by Gasteiger charge is -2.14. The van der Waals surface area contributed by atoms with E-state index in [-0.39, 0.29) is 11.3 Å². The molecule has 0 saturated carbocycles. The number of halogens is 3. The molecule has 0 fully saturated rings. The second-order valence-corrected chi connectivity index (χ2v) is 4.14. The fraction of sp³-hybridized carbons (Fsp3) is 0.167. The van der Waals surface area contributed by atoms with Crippen molar-refractivity contribution in [3.63, 3.8) is 0 Å². The van der Waals surface area contributed by atoms with E-state index in [2.05, 4.69) is 14.7 Å². The molecule has 0 aliphatic rings. The molecule has 0 radical (unpaired) electrons. The van der Waals surface area contributed by atoms with Gasteiger partial charge in [0, 0.05) is 11.1 Å². The van der Waals surface area contributed by atoms with Gasteiger partial charge in [0.2, 0.25) is 0 Å². The summed E-state index contributed by atoms with van der Waals surface area (Å²) in [5.74, 6) is -0.282. The third-order valence-corrected chi connectivity index (χ3v) is 2.88. The van der Waals surface area contributed by atoms with Crippen LogP contribution >= 0.6 is 12.2 Å². The Bertz CT molecular complexity index is 652. The van der Waals surface area contributed by atoms with Gasteiger partial charge in [-0.1, -0.05) is 24.4 Å². The van der Waals surface area contributed by atoms with E-state index in [1.54, 1.807) is 13.0 Å². The fourth-order valence-electron chi connectivity index (χ4n) is 1.63. The van der Waals surface area contributed by atoms with Gasteiger partial charge in [0.1, 0.15) is 10.4 Å². The molecule has 0 atom stereocenters. The molecular weight excluding hydrogens is 277 g/mol. The van der Waals surface area contributed by atoms with Crippen molar-refractivity contribution in [2.75, 3.05) is 0 Å². The molecule has 100 valence electrons. The van der Waals surface area contributed by atoms with Crippen molar-refractivity contribution in [2.45, 2.75) is 13.3 Å². The number of aromatic nitrogens is 2. The zero-order chi connectivity index (χ0) is 14.0. The summed E-state index contributed by atoms with van der Waals surface area (Å²) in [5, 5.41) is 0. The van der Waals surface area contributed by atoms with Gasteiger partial charge in [-0.25, -0.2) is 4.98 Å². The van der Waals surface area contributed by atoms with Crippen LogP contribution in [0.15, 0.2) is 30.6 Å². The van der Waals surface area contributed by atoms with Gasteiger partial charge in [-0.05, 0) is 19.1 Å². The summed E-state index contributed by atoms with van der Waals surface area (Å²) < 4.78 is 41.4. The second-order valence-electron chi connectivity index (χ2n) is 3.75. The number of alkyl halides is 3. The lowest BCUT2D eigenvalue weighted by molar-refractivity contribution is -0.274. The maximum atomic E-state index is 12.4. The zero-order valence-electron chi connectivity index (χ0n) is 9.78. The van der Waals surface area contributed by atoms with Crippen molar-refractivity contribution < 1.29 is 17.9 Å². The topological polar surface area (TPSA) is 37.9 Å². The standard InChI is InChI=1S/C12H9F3N2OS/c1-7-10(16-6-17-11(7)19)8-4-2-3-5-9(8)18-12(13,14)15/h2-6H,1H3,(H,16,17,19). The number of rotatable bonds is 2. The molecule has 1 N–H and O–H groups in total. The first-order chi connectivity index (χ1) is 8.88. The predicted octanol–water partition coefficient (Wildman–Crippen LogP) is 4.01. The largest absolute Gasteiger partial charge is 0.573 e. The number of hydrogen-bond acceptors (Lipinski definition) is 3. The summed E-state index contributed by atoms with van der Waals surface area (Å²) in [5.41, 5.74) is 1.33. The molecule has 0 aliphatic heterocycles. The van der Waals surface area contributed by atoms with E-state index >= 15 is 0 Å². The number of nitrogens with zero attached hydrogens (tertiary/aromatic N) is 1. The smallest absolute Gasteiger partial charge is 0.405 e. The van der Waals surface area contributed by atoms with E-state index < -0.39 is 6.36 Å². The monoisotopic (exact) mass is 286 g/mol. The van der Waals surface area contributed by atoms with Crippen molar-refractivity contribution in [1.29, 1.82) is 0 Å². The quantitative estimate of drug-likeness (QED) is 0.847. The first-order valence-electron chi connectivity index (χ1n) is 5.28. The van der Waals surface area contributed by atoms with E-state index in [1.165, 1.54) is 24.5 Å². The Balaban J connectivity index is 2.57. The highest BCUT2D eigenvalue weighted by molar-refractivity contribution is 7.71. The van der Waals surface area contributed by atoms with Crippen molar-refractivity contribution in [1.82, 2.24) is 9.97 Å². The van der Waals surface area contributed by atoms with Gasteiger partial charge in [0.25, 0.3) is 0 Å². The highest BCUT2D eigenvalue weighted by atomic mass is 32.1. The summed E-state index contributed by atoms with van der Waals surface area (Å²) in [6.45, 7) is 1.69. The van der Waals surface area contributed by atoms with Gasteiger partial charge in [0.15, 0.2) is 0 Å². The molecule has 0 unspecified atom stereocenters. The third-order valence-electron chi connectivity index (χ3n) is 2.47. The Labute approximate surface area is 112 Å². The van der Waals surface area contributed by atoms with E-state index in [0.29, 0.717) is 15.9 Å². The number of H-pyrrole nitrogens is 1. The predicted molar refractivity (Wildman–Crippen MR) is 66.3 cm³/mol. The number of nitrogens with one attached hydrogen (secondary N) is 1. The number of hydrogen-bond donors (Lipinski definition) is 1. The summed E-state index contributed by atoms with van der Waals surface area (Å²) in [7, 11) is 0. The van der Waals surface area contributed by atoms with Crippen molar-refractivity contribution >= 4 is 12.2 Å². The molecule has 1 aromatic carbocycles.